The van der Waals surface area contributed by atoms with Crippen LogP contribution in [0.2, 0.25) is 0 Å². The van der Waals surface area contributed by atoms with Crippen molar-refractivity contribution in [1.82, 2.24) is 10.2 Å². The first-order valence-electron chi connectivity index (χ1n) is 7.14. The summed E-state index contributed by atoms with van der Waals surface area (Å²) in [5, 5.41) is 19.2. The summed E-state index contributed by atoms with van der Waals surface area (Å²) in [6, 6.07) is 11.8. The van der Waals surface area contributed by atoms with Gasteiger partial charge in [0.1, 0.15) is 10.8 Å². The number of non-ortho nitro benzene ring substituents is 1. The van der Waals surface area contributed by atoms with Gasteiger partial charge in [0.05, 0.1) is 16.9 Å². The Morgan fingerprint density at radius 3 is 2.54 bits per heavy atom. The van der Waals surface area contributed by atoms with Crippen LogP contribution in [-0.4, -0.2) is 30.6 Å². The topological polar surface area (TPSA) is 124 Å². The van der Waals surface area contributed by atoms with Crippen molar-refractivity contribution >= 4 is 32.2 Å². The van der Waals surface area contributed by atoms with Crippen molar-refractivity contribution in [1.29, 1.82) is 0 Å². The lowest BCUT2D eigenvalue weighted by Gasteiger charge is -2.04. The summed E-state index contributed by atoms with van der Waals surface area (Å²) in [5.41, 5.74) is 0.438. The molecule has 0 radical (unpaired) electrons. The van der Waals surface area contributed by atoms with Gasteiger partial charge in [0.15, 0.2) is 0 Å². The molecule has 0 amide bonds. The fourth-order valence-electron chi connectivity index (χ4n) is 2.05. The van der Waals surface area contributed by atoms with Crippen LogP contribution in [0.5, 0.6) is 5.75 Å². The molecule has 0 spiro atoms. The van der Waals surface area contributed by atoms with Crippen molar-refractivity contribution in [3.63, 3.8) is 0 Å². The van der Waals surface area contributed by atoms with Gasteiger partial charge in [-0.05, 0) is 30.3 Å². The first kappa shape index (κ1) is 17.8. The zero-order valence-corrected chi connectivity index (χ0v) is 15.0. The molecule has 0 bridgehead atoms. The Labute approximate surface area is 152 Å². The zero-order valence-electron chi connectivity index (χ0n) is 13.3. The molecule has 0 aliphatic rings. The molecular weight excluding hydrogens is 380 g/mol. The average Bonchev–Trinajstić information content (AvgIpc) is 3.09. The molecule has 134 valence electrons. The van der Waals surface area contributed by atoms with E-state index in [9.17, 15) is 18.5 Å². The number of ether oxygens (including phenoxy) is 1. The van der Waals surface area contributed by atoms with E-state index in [4.69, 9.17) is 4.74 Å². The van der Waals surface area contributed by atoms with Crippen molar-refractivity contribution in [3.8, 4) is 16.3 Å². The second-order valence-electron chi connectivity index (χ2n) is 5.00. The van der Waals surface area contributed by atoms with Crippen LogP contribution in [-0.2, 0) is 10.0 Å². The van der Waals surface area contributed by atoms with Gasteiger partial charge in [-0.1, -0.05) is 17.4 Å². The molecule has 1 aromatic heterocycles. The summed E-state index contributed by atoms with van der Waals surface area (Å²) in [6.07, 6.45) is 0. The number of methoxy groups -OCH3 is 1. The van der Waals surface area contributed by atoms with Crippen LogP contribution in [0, 0.1) is 10.1 Å². The highest BCUT2D eigenvalue weighted by Gasteiger charge is 2.20. The van der Waals surface area contributed by atoms with Crippen LogP contribution in [0.1, 0.15) is 0 Å². The highest BCUT2D eigenvalue weighted by molar-refractivity contribution is 7.93. The van der Waals surface area contributed by atoms with Crippen LogP contribution >= 0.6 is 11.3 Å². The van der Waals surface area contributed by atoms with E-state index in [-0.39, 0.29) is 15.7 Å². The minimum Gasteiger partial charge on any atom is -0.497 e. The van der Waals surface area contributed by atoms with Gasteiger partial charge in [-0.25, -0.2) is 8.42 Å². The quantitative estimate of drug-likeness (QED) is 0.505. The van der Waals surface area contributed by atoms with Gasteiger partial charge in [0, 0.05) is 17.7 Å². The third-order valence-electron chi connectivity index (χ3n) is 3.32. The average molecular weight is 392 g/mol. The molecule has 1 N–H and O–H groups in total. The Morgan fingerprint density at radius 1 is 1.15 bits per heavy atom. The molecule has 3 rings (SSSR count). The highest BCUT2D eigenvalue weighted by Crippen LogP contribution is 2.29. The van der Waals surface area contributed by atoms with Gasteiger partial charge < -0.3 is 4.74 Å². The molecule has 2 aromatic carbocycles. The largest absolute Gasteiger partial charge is 0.497 e. The molecule has 26 heavy (non-hydrogen) atoms. The highest BCUT2D eigenvalue weighted by atomic mass is 32.2. The number of rotatable bonds is 6. The fraction of sp³-hybridized carbons (Fsp3) is 0.0667. The molecule has 0 saturated carbocycles. The number of nitro benzene ring substituents is 1. The van der Waals surface area contributed by atoms with Crippen molar-refractivity contribution in [2.45, 2.75) is 4.90 Å². The third-order valence-corrected chi connectivity index (χ3v) is 5.68. The molecule has 11 heteroatoms. The number of sulfonamides is 1. The monoisotopic (exact) mass is 392 g/mol. The Hall–Kier alpha value is -3.05. The van der Waals surface area contributed by atoms with Gasteiger partial charge in [-0.2, -0.15) is 0 Å². The first-order chi connectivity index (χ1) is 12.4. The molecule has 0 aliphatic carbocycles. The second-order valence-corrected chi connectivity index (χ2v) is 7.66. The van der Waals surface area contributed by atoms with Crippen molar-refractivity contribution in [3.05, 3.63) is 58.6 Å². The maximum atomic E-state index is 12.4. The number of benzene rings is 2. The minimum atomic E-state index is -4.02. The summed E-state index contributed by atoms with van der Waals surface area (Å²) < 4.78 is 32.2. The van der Waals surface area contributed by atoms with Gasteiger partial charge in [0.25, 0.3) is 15.7 Å². The number of anilines is 1. The van der Waals surface area contributed by atoms with E-state index < -0.39 is 14.9 Å². The van der Waals surface area contributed by atoms with E-state index in [0.29, 0.717) is 10.8 Å². The van der Waals surface area contributed by atoms with Gasteiger partial charge in [-0.3, -0.25) is 14.8 Å². The van der Waals surface area contributed by atoms with Crippen molar-refractivity contribution in [2.24, 2.45) is 0 Å². The lowest BCUT2D eigenvalue weighted by Crippen LogP contribution is -2.13. The molecule has 9 nitrogen and oxygen atoms in total. The Bertz CT molecular complexity index is 1050. The maximum Gasteiger partial charge on any atom is 0.270 e. The van der Waals surface area contributed by atoms with Crippen LogP contribution in [0.4, 0.5) is 10.8 Å². The molecular formula is C15H12N4O5S2. The number of nitrogens with one attached hydrogen (secondary N) is 1. The third kappa shape index (κ3) is 3.78. The van der Waals surface area contributed by atoms with Crippen LogP contribution < -0.4 is 9.46 Å². The molecule has 0 aliphatic heterocycles. The lowest BCUT2D eigenvalue weighted by atomic mass is 10.2. The molecule has 0 saturated heterocycles. The van der Waals surface area contributed by atoms with Gasteiger partial charge in [-0.15, -0.1) is 10.2 Å². The molecule has 0 atom stereocenters. The van der Waals surface area contributed by atoms with Crippen molar-refractivity contribution in [2.75, 3.05) is 11.8 Å². The number of aromatic nitrogens is 2. The van der Waals surface area contributed by atoms with E-state index in [1.54, 1.807) is 31.4 Å². The number of hydrogen-bond acceptors (Lipinski definition) is 8. The molecule has 0 unspecified atom stereocenters. The Balaban J connectivity index is 1.83. The van der Waals surface area contributed by atoms with Gasteiger partial charge in [0.2, 0.25) is 5.13 Å². The fourth-order valence-corrected chi connectivity index (χ4v) is 4.07. The Kier molecular flexibility index (Phi) is 4.82. The second kappa shape index (κ2) is 7.06. The number of nitrogens with zero attached hydrogens (tertiary/aromatic N) is 3. The van der Waals surface area contributed by atoms with E-state index in [0.717, 1.165) is 23.0 Å². The lowest BCUT2D eigenvalue weighted by molar-refractivity contribution is -0.385. The van der Waals surface area contributed by atoms with E-state index in [2.05, 4.69) is 14.9 Å². The smallest absolute Gasteiger partial charge is 0.270 e. The minimum absolute atomic E-state index is 0.0577. The normalized spacial score (nSPS) is 11.1. The summed E-state index contributed by atoms with van der Waals surface area (Å²) in [6.45, 7) is 0. The number of hydrogen-bond donors (Lipinski definition) is 1. The number of nitro groups is 1. The van der Waals surface area contributed by atoms with E-state index in [1.165, 1.54) is 18.2 Å². The zero-order chi connectivity index (χ0) is 18.7. The first-order valence-corrected chi connectivity index (χ1v) is 9.44. The summed E-state index contributed by atoms with van der Waals surface area (Å²) in [5.74, 6) is 0.685. The van der Waals surface area contributed by atoms with Crippen LogP contribution in [0.3, 0.4) is 0 Å². The summed E-state index contributed by atoms with van der Waals surface area (Å²) in [4.78, 5) is 9.92. The SMILES string of the molecule is COc1ccc(-c2nnc(NS(=O)(=O)c3cccc([N+](=O)[O-])c3)s2)cc1. The molecule has 1 heterocycles. The summed E-state index contributed by atoms with van der Waals surface area (Å²) in [7, 11) is -2.46. The standard InChI is InChI=1S/C15H12N4O5S2/c1-24-12-7-5-10(6-8-12)14-16-17-15(25-14)18-26(22,23)13-4-2-3-11(9-13)19(20)21/h2-9H,1H3,(H,17,18). The van der Waals surface area contributed by atoms with Crippen molar-refractivity contribution < 1.29 is 18.1 Å². The Morgan fingerprint density at radius 2 is 1.88 bits per heavy atom. The van der Waals surface area contributed by atoms with Crippen LogP contribution in [0.15, 0.2) is 53.4 Å². The predicted octanol–water partition coefficient (Wildman–Crippen LogP) is 2.92. The maximum absolute atomic E-state index is 12.4. The van der Waals surface area contributed by atoms with E-state index in [1.807, 2.05) is 0 Å². The van der Waals surface area contributed by atoms with E-state index >= 15 is 0 Å². The molecule has 0 fully saturated rings. The summed E-state index contributed by atoms with van der Waals surface area (Å²) >= 11 is 1.04. The van der Waals surface area contributed by atoms with Gasteiger partial charge >= 0.3 is 0 Å². The predicted molar refractivity (Wildman–Crippen MR) is 95.8 cm³/mol. The van der Waals surface area contributed by atoms with Crippen LogP contribution in [0.25, 0.3) is 10.6 Å². The molecule has 3 aromatic rings.